The van der Waals surface area contributed by atoms with Crippen LogP contribution < -0.4 is 5.32 Å². The lowest BCUT2D eigenvalue weighted by molar-refractivity contribution is -0.121. The number of fused-ring (bicyclic) bond motifs is 1. The molecule has 0 radical (unpaired) electrons. The number of aryl methyl sites for hydroxylation is 2. The molecule has 0 bridgehead atoms. The summed E-state index contributed by atoms with van der Waals surface area (Å²) in [6.45, 7) is 5.68. The van der Waals surface area contributed by atoms with Crippen LogP contribution in [0.3, 0.4) is 0 Å². The number of Topliss-reactive ketones (excluding diaryl/α,β-unsaturated/α-hetero) is 1. The molecule has 2 aromatic rings. The normalized spacial score (nSPS) is 13.4. The molecule has 3 rings (SSSR count). The average Bonchev–Trinajstić information content (AvgIpc) is 2.76. The van der Waals surface area contributed by atoms with E-state index in [1.165, 1.54) is 29.5 Å². The Morgan fingerprint density at radius 3 is 2.40 bits per heavy atom. The summed E-state index contributed by atoms with van der Waals surface area (Å²) in [5.41, 5.74) is 5.76. The molecule has 30 heavy (non-hydrogen) atoms. The lowest BCUT2D eigenvalue weighted by Crippen LogP contribution is -2.27. The smallest absolute Gasteiger partial charge is 0.220 e. The van der Waals surface area contributed by atoms with Gasteiger partial charge in [0.1, 0.15) is 0 Å². The van der Waals surface area contributed by atoms with Crippen LogP contribution in [0.2, 0.25) is 0 Å². The highest BCUT2D eigenvalue weighted by atomic mass is 16.2. The van der Waals surface area contributed by atoms with Crippen molar-refractivity contribution in [3.8, 4) is 0 Å². The Morgan fingerprint density at radius 2 is 1.67 bits per heavy atom. The van der Waals surface area contributed by atoms with E-state index in [1.54, 1.807) is 0 Å². The number of hydrogen-bond donors (Lipinski definition) is 1. The third-order valence-electron chi connectivity index (χ3n) is 6.15. The third-order valence-corrected chi connectivity index (χ3v) is 6.15. The molecule has 0 fully saturated rings. The number of nitrogens with one attached hydrogen (secondary N) is 1. The first kappa shape index (κ1) is 22.2. The first-order chi connectivity index (χ1) is 14.4. The van der Waals surface area contributed by atoms with Crippen LogP contribution in [-0.2, 0) is 30.7 Å². The molecule has 0 saturated carbocycles. The van der Waals surface area contributed by atoms with Crippen molar-refractivity contribution >= 4 is 11.7 Å². The molecule has 4 heteroatoms. The molecular formula is C26H34N2O2. The van der Waals surface area contributed by atoms with Crippen LogP contribution in [0.4, 0.5) is 0 Å². The molecular weight excluding hydrogens is 372 g/mol. The van der Waals surface area contributed by atoms with Gasteiger partial charge in [-0.1, -0.05) is 36.4 Å². The molecule has 1 amide bonds. The van der Waals surface area contributed by atoms with Gasteiger partial charge in [-0.05, 0) is 74.9 Å². The summed E-state index contributed by atoms with van der Waals surface area (Å²) in [6.07, 6.45) is 5.08. The minimum atomic E-state index is -0.0756. The highest BCUT2D eigenvalue weighted by Gasteiger charge is 2.14. The Morgan fingerprint density at radius 1 is 0.967 bits per heavy atom. The van der Waals surface area contributed by atoms with E-state index in [0.29, 0.717) is 12.6 Å². The summed E-state index contributed by atoms with van der Waals surface area (Å²) in [5.74, 6) is -0.0224. The van der Waals surface area contributed by atoms with Crippen LogP contribution >= 0.6 is 0 Å². The number of nitrogens with zero attached hydrogens (tertiary/aromatic N) is 1. The highest BCUT2D eigenvalue weighted by Crippen LogP contribution is 2.23. The number of rotatable bonds is 9. The van der Waals surface area contributed by atoms with Crippen molar-refractivity contribution < 1.29 is 9.59 Å². The van der Waals surface area contributed by atoms with Crippen LogP contribution in [0, 0.1) is 0 Å². The van der Waals surface area contributed by atoms with Gasteiger partial charge in [0.05, 0.1) is 0 Å². The summed E-state index contributed by atoms with van der Waals surface area (Å²) in [5, 5.41) is 2.99. The first-order valence-corrected chi connectivity index (χ1v) is 11.1. The van der Waals surface area contributed by atoms with Crippen molar-refractivity contribution in [1.82, 2.24) is 10.2 Å². The largest absolute Gasteiger partial charge is 0.352 e. The number of ketones is 1. The molecule has 0 atom stereocenters. The Balaban J connectivity index is 1.50. The number of benzene rings is 2. The third kappa shape index (κ3) is 6.02. The zero-order chi connectivity index (χ0) is 21.5. The molecule has 1 aliphatic carbocycles. The van der Waals surface area contributed by atoms with Gasteiger partial charge in [-0.3, -0.25) is 14.5 Å². The predicted molar refractivity (Wildman–Crippen MR) is 122 cm³/mol. The van der Waals surface area contributed by atoms with Crippen LogP contribution in [0.25, 0.3) is 0 Å². The molecule has 4 nitrogen and oxygen atoms in total. The molecule has 0 aromatic heterocycles. The highest BCUT2D eigenvalue weighted by molar-refractivity contribution is 5.98. The first-order valence-electron chi connectivity index (χ1n) is 11.1. The van der Waals surface area contributed by atoms with Gasteiger partial charge < -0.3 is 5.32 Å². The van der Waals surface area contributed by atoms with Gasteiger partial charge in [-0.15, -0.1) is 0 Å². The zero-order valence-electron chi connectivity index (χ0n) is 18.5. The quantitative estimate of drug-likeness (QED) is 0.615. The fourth-order valence-electron chi connectivity index (χ4n) is 3.90. The molecule has 2 aromatic carbocycles. The SMILES string of the molecule is CC(C)N(C)Cc1ccccc1CNC(=O)CCC(=O)c1ccc2c(c1)CCCC2. The molecule has 0 aliphatic heterocycles. The maximum atomic E-state index is 12.6. The average molecular weight is 407 g/mol. The van der Waals surface area contributed by atoms with E-state index < -0.39 is 0 Å². The second kappa shape index (κ2) is 10.5. The van der Waals surface area contributed by atoms with Crippen molar-refractivity contribution in [2.24, 2.45) is 0 Å². The predicted octanol–water partition coefficient (Wildman–Crippen LogP) is 4.68. The lowest BCUT2D eigenvalue weighted by Gasteiger charge is -2.22. The molecule has 1 aliphatic rings. The summed E-state index contributed by atoms with van der Waals surface area (Å²) in [7, 11) is 2.10. The molecule has 0 saturated heterocycles. The van der Waals surface area contributed by atoms with E-state index in [1.807, 2.05) is 24.3 Å². The number of hydrogen-bond acceptors (Lipinski definition) is 3. The number of amides is 1. The van der Waals surface area contributed by atoms with E-state index in [0.717, 1.165) is 30.5 Å². The summed E-state index contributed by atoms with van der Waals surface area (Å²) in [4.78, 5) is 27.2. The van der Waals surface area contributed by atoms with E-state index in [4.69, 9.17) is 0 Å². The maximum Gasteiger partial charge on any atom is 0.220 e. The molecule has 160 valence electrons. The van der Waals surface area contributed by atoms with Gasteiger partial charge in [0.2, 0.25) is 5.91 Å². The van der Waals surface area contributed by atoms with E-state index in [-0.39, 0.29) is 24.5 Å². The van der Waals surface area contributed by atoms with E-state index >= 15 is 0 Å². The van der Waals surface area contributed by atoms with Crippen molar-refractivity contribution in [3.05, 3.63) is 70.3 Å². The fraction of sp³-hybridized carbons (Fsp3) is 0.462. The second-order valence-corrected chi connectivity index (χ2v) is 8.67. The van der Waals surface area contributed by atoms with Crippen molar-refractivity contribution in [2.45, 2.75) is 71.5 Å². The van der Waals surface area contributed by atoms with Gasteiger partial charge in [-0.25, -0.2) is 0 Å². The fourth-order valence-corrected chi connectivity index (χ4v) is 3.90. The topological polar surface area (TPSA) is 49.4 Å². The standard InChI is InChI=1S/C26H34N2O2/c1-19(2)28(3)18-24-11-7-6-10-23(24)17-27-26(30)15-14-25(29)22-13-12-20-8-4-5-9-21(20)16-22/h6-7,10-13,16,19H,4-5,8-9,14-15,17-18H2,1-3H3,(H,27,30). The molecule has 0 spiro atoms. The minimum Gasteiger partial charge on any atom is -0.352 e. The summed E-state index contributed by atoms with van der Waals surface area (Å²) < 4.78 is 0. The van der Waals surface area contributed by atoms with Crippen LogP contribution in [0.5, 0.6) is 0 Å². The summed E-state index contributed by atoms with van der Waals surface area (Å²) in [6, 6.07) is 14.7. The van der Waals surface area contributed by atoms with Crippen LogP contribution in [0.1, 0.15) is 72.1 Å². The Hall–Kier alpha value is -2.46. The Kier molecular flexibility index (Phi) is 7.81. The maximum absolute atomic E-state index is 12.6. The van der Waals surface area contributed by atoms with Gasteiger partial charge in [0.25, 0.3) is 0 Å². The van der Waals surface area contributed by atoms with Crippen LogP contribution in [0.15, 0.2) is 42.5 Å². The monoisotopic (exact) mass is 406 g/mol. The Bertz CT molecular complexity index is 888. The van der Waals surface area contributed by atoms with E-state index in [9.17, 15) is 9.59 Å². The number of carbonyl (C=O) groups is 2. The molecule has 0 unspecified atom stereocenters. The zero-order valence-corrected chi connectivity index (χ0v) is 18.5. The minimum absolute atomic E-state index is 0.0532. The Labute approximate surface area is 180 Å². The molecule has 0 heterocycles. The van der Waals surface area contributed by atoms with Gasteiger partial charge >= 0.3 is 0 Å². The van der Waals surface area contributed by atoms with Gasteiger partial charge in [0, 0.05) is 37.5 Å². The lowest BCUT2D eigenvalue weighted by atomic mass is 9.89. The van der Waals surface area contributed by atoms with Crippen molar-refractivity contribution in [3.63, 3.8) is 0 Å². The van der Waals surface area contributed by atoms with Crippen LogP contribution in [-0.4, -0.2) is 29.7 Å². The van der Waals surface area contributed by atoms with Gasteiger partial charge in [0.15, 0.2) is 5.78 Å². The van der Waals surface area contributed by atoms with Crippen molar-refractivity contribution in [2.75, 3.05) is 7.05 Å². The van der Waals surface area contributed by atoms with E-state index in [2.05, 4.69) is 49.3 Å². The number of carbonyl (C=O) groups excluding carboxylic acids is 2. The van der Waals surface area contributed by atoms with Crippen molar-refractivity contribution in [1.29, 1.82) is 0 Å². The molecule has 1 N–H and O–H groups in total. The second-order valence-electron chi connectivity index (χ2n) is 8.67. The summed E-state index contributed by atoms with van der Waals surface area (Å²) >= 11 is 0. The van der Waals surface area contributed by atoms with Gasteiger partial charge in [-0.2, -0.15) is 0 Å².